The molecule has 0 spiro atoms. The van der Waals surface area contributed by atoms with Gasteiger partial charge in [-0.2, -0.15) is 0 Å². The predicted octanol–water partition coefficient (Wildman–Crippen LogP) is 15.0. The molecule has 0 N–H and O–H groups in total. The lowest BCUT2D eigenvalue weighted by atomic mass is 9.36. The summed E-state index contributed by atoms with van der Waals surface area (Å²) in [4.78, 5) is 5.42. The Labute approximate surface area is 380 Å². The molecule has 3 heterocycles. The van der Waals surface area contributed by atoms with Crippen LogP contribution < -0.4 is 25.5 Å². The number of aryl methyl sites for hydroxylation is 2. The number of fused-ring (bicyclic) bond motifs is 7. The molecule has 62 heavy (non-hydrogen) atoms. The van der Waals surface area contributed by atoms with Gasteiger partial charge in [0, 0.05) is 37.6 Å². The van der Waals surface area contributed by atoms with Crippen molar-refractivity contribution in [3.05, 3.63) is 117 Å². The van der Waals surface area contributed by atoms with E-state index in [1.165, 1.54) is 106 Å². The van der Waals surface area contributed by atoms with Crippen LogP contribution in [0.5, 0.6) is 0 Å². The van der Waals surface area contributed by atoms with Gasteiger partial charge >= 0.3 is 0 Å². The monoisotopic (exact) mass is 841 g/mol. The van der Waals surface area contributed by atoms with Gasteiger partial charge < -0.3 is 9.80 Å². The first-order valence-electron chi connectivity index (χ1n) is 23.6. The van der Waals surface area contributed by atoms with E-state index in [1.54, 1.807) is 5.56 Å². The number of hydrogen-bond donors (Lipinski definition) is 0. The summed E-state index contributed by atoms with van der Waals surface area (Å²) in [7, 11) is 0. The molecule has 0 bridgehead atoms. The van der Waals surface area contributed by atoms with Crippen LogP contribution in [-0.2, 0) is 27.1 Å². The van der Waals surface area contributed by atoms with Crippen molar-refractivity contribution >= 4 is 72.3 Å². The normalized spacial score (nSPS) is 19.3. The van der Waals surface area contributed by atoms with E-state index in [-0.39, 0.29) is 39.2 Å². The molecule has 4 aliphatic rings. The van der Waals surface area contributed by atoms with Gasteiger partial charge in [-0.15, -0.1) is 11.3 Å². The SMILES string of the molecule is Cc1cc(C(C)(C)C)cc(C)c1N1c2ccc(C(C)(C)C)cc2B2c3sc4cc5c(cc4c3N(C3=CCC(C(C)(C)C)C=C3)c3cc(C(C)(C)C)cc1c32)C(C)(C)CCC5(C)C. The Balaban J connectivity index is 1.43. The predicted molar refractivity (Wildman–Crippen MR) is 275 cm³/mol. The number of benzene rings is 4. The summed E-state index contributed by atoms with van der Waals surface area (Å²) in [6.07, 6.45) is 11.0. The molecule has 5 aromatic rings. The molecule has 0 saturated carbocycles. The van der Waals surface area contributed by atoms with Crippen molar-refractivity contribution in [3.63, 3.8) is 0 Å². The van der Waals surface area contributed by atoms with Gasteiger partial charge in [-0.1, -0.05) is 147 Å². The molecular formula is C58H73BN2S. The Bertz CT molecular complexity index is 2720. The van der Waals surface area contributed by atoms with Gasteiger partial charge in [-0.3, -0.25) is 0 Å². The number of nitrogens with zero attached hydrogens (tertiary/aromatic N) is 2. The number of allylic oxidation sites excluding steroid dienone is 3. The Kier molecular flexibility index (Phi) is 9.59. The zero-order chi connectivity index (χ0) is 45.0. The molecule has 0 saturated heterocycles. The zero-order valence-corrected chi connectivity index (χ0v) is 42.3. The third-order valence-electron chi connectivity index (χ3n) is 15.4. The molecule has 4 aromatic carbocycles. The van der Waals surface area contributed by atoms with E-state index in [2.05, 4.69) is 219 Å². The molecule has 1 aromatic heterocycles. The van der Waals surface area contributed by atoms with Gasteiger partial charge in [0.05, 0.1) is 11.4 Å². The number of hydrogen-bond acceptors (Lipinski definition) is 3. The molecule has 1 atom stereocenters. The molecule has 2 nitrogen and oxygen atoms in total. The molecule has 2 aliphatic heterocycles. The molecule has 324 valence electrons. The van der Waals surface area contributed by atoms with E-state index >= 15 is 0 Å². The number of thiophene rings is 1. The fourth-order valence-corrected chi connectivity index (χ4v) is 12.5. The van der Waals surface area contributed by atoms with E-state index < -0.39 is 0 Å². The highest BCUT2D eigenvalue weighted by molar-refractivity contribution is 7.33. The fraction of sp³-hybridized carbons (Fsp3) is 0.483. The molecule has 1 unspecified atom stereocenters. The minimum atomic E-state index is -0.0747. The summed E-state index contributed by atoms with van der Waals surface area (Å²) in [6.45, 7) is 43.2. The fourth-order valence-electron chi connectivity index (χ4n) is 11.1. The van der Waals surface area contributed by atoms with Gasteiger partial charge in [0.2, 0.25) is 0 Å². The lowest BCUT2D eigenvalue weighted by Gasteiger charge is -2.46. The van der Waals surface area contributed by atoms with Gasteiger partial charge in [-0.05, 0) is 158 Å². The molecule has 9 rings (SSSR count). The largest absolute Gasteiger partial charge is 0.311 e. The van der Waals surface area contributed by atoms with Crippen LogP contribution in [-0.4, -0.2) is 6.71 Å². The molecule has 2 aliphatic carbocycles. The van der Waals surface area contributed by atoms with E-state index in [4.69, 9.17) is 0 Å². The smallest absolute Gasteiger partial charge is 0.264 e. The van der Waals surface area contributed by atoms with Crippen LogP contribution in [0.2, 0.25) is 0 Å². The van der Waals surface area contributed by atoms with Crippen LogP contribution in [0.15, 0.2) is 78.5 Å². The standard InChI is InChI=1S/C58H73BN2S/c1-34-27-38(55(9,10)11)28-35(2)50(34)61-45-24-21-37(54(6,7)8)29-44(45)59-49-46(30-39(31-47(49)61)56(12,13)14)60(40-22-19-36(20-23-40)53(3,4)5)51-41-32-42-43(33-48(41)62-52(51)59)58(17,18)26-25-57(42,15)16/h19,21-24,27-33,36H,20,25-26H2,1-18H3. The van der Waals surface area contributed by atoms with Crippen molar-refractivity contribution in [2.75, 3.05) is 9.80 Å². The van der Waals surface area contributed by atoms with E-state index in [9.17, 15) is 0 Å². The highest BCUT2D eigenvalue weighted by Crippen LogP contribution is 2.53. The van der Waals surface area contributed by atoms with Crippen molar-refractivity contribution in [1.82, 2.24) is 0 Å². The lowest BCUT2D eigenvalue weighted by Crippen LogP contribution is -2.61. The minimum absolute atomic E-state index is 0.000460. The highest BCUT2D eigenvalue weighted by Gasteiger charge is 2.48. The van der Waals surface area contributed by atoms with Crippen LogP contribution in [0, 0.1) is 25.2 Å². The van der Waals surface area contributed by atoms with Gasteiger partial charge in [0.15, 0.2) is 0 Å². The van der Waals surface area contributed by atoms with E-state index in [1.807, 2.05) is 0 Å². The van der Waals surface area contributed by atoms with E-state index in [0.29, 0.717) is 5.92 Å². The Morgan fingerprint density at radius 3 is 1.69 bits per heavy atom. The second-order valence-corrected chi connectivity index (χ2v) is 26.3. The second kappa shape index (κ2) is 13.7. The summed E-state index contributed by atoms with van der Waals surface area (Å²) >= 11 is 2.07. The minimum Gasteiger partial charge on any atom is -0.311 e. The van der Waals surface area contributed by atoms with Crippen LogP contribution in [0.1, 0.15) is 169 Å². The van der Waals surface area contributed by atoms with Gasteiger partial charge in [0.1, 0.15) is 0 Å². The molecular weight excluding hydrogens is 768 g/mol. The first-order valence-corrected chi connectivity index (χ1v) is 24.4. The van der Waals surface area contributed by atoms with Crippen molar-refractivity contribution in [3.8, 4) is 0 Å². The van der Waals surface area contributed by atoms with Crippen LogP contribution >= 0.6 is 11.3 Å². The highest BCUT2D eigenvalue weighted by atomic mass is 32.1. The Hall–Kier alpha value is -4.02. The second-order valence-electron chi connectivity index (χ2n) is 25.2. The molecule has 0 amide bonds. The first kappa shape index (κ1) is 43.2. The molecule has 0 fully saturated rings. The number of anilines is 5. The van der Waals surface area contributed by atoms with Crippen molar-refractivity contribution in [2.45, 2.75) is 171 Å². The first-order chi connectivity index (χ1) is 28.6. The van der Waals surface area contributed by atoms with Gasteiger partial charge in [0.25, 0.3) is 6.71 Å². The Morgan fingerprint density at radius 2 is 1.16 bits per heavy atom. The maximum absolute atomic E-state index is 2.74. The maximum Gasteiger partial charge on any atom is 0.264 e. The summed E-state index contributed by atoms with van der Waals surface area (Å²) in [6, 6.07) is 22.9. The third kappa shape index (κ3) is 6.78. The van der Waals surface area contributed by atoms with Gasteiger partial charge in [-0.25, -0.2) is 0 Å². The van der Waals surface area contributed by atoms with Crippen molar-refractivity contribution in [2.24, 2.45) is 11.3 Å². The number of rotatable bonds is 2. The van der Waals surface area contributed by atoms with Crippen molar-refractivity contribution in [1.29, 1.82) is 0 Å². The van der Waals surface area contributed by atoms with Crippen LogP contribution in [0.3, 0.4) is 0 Å². The summed E-state index contributed by atoms with van der Waals surface area (Å²) in [5, 5.41) is 1.41. The summed E-state index contributed by atoms with van der Waals surface area (Å²) < 4.78 is 2.90. The zero-order valence-electron chi connectivity index (χ0n) is 41.5. The van der Waals surface area contributed by atoms with Crippen molar-refractivity contribution < 1.29 is 0 Å². The Morgan fingerprint density at radius 1 is 0.613 bits per heavy atom. The average Bonchev–Trinajstić information content (AvgIpc) is 3.53. The summed E-state index contributed by atoms with van der Waals surface area (Å²) in [5.41, 5.74) is 21.1. The maximum atomic E-state index is 2.74. The average molecular weight is 841 g/mol. The molecule has 0 radical (unpaired) electrons. The van der Waals surface area contributed by atoms with Crippen LogP contribution in [0.25, 0.3) is 10.1 Å². The van der Waals surface area contributed by atoms with E-state index in [0.717, 1.165) is 6.42 Å². The third-order valence-corrected chi connectivity index (χ3v) is 16.6. The van der Waals surface area contributed by atoms with Crippen LogP contribution in [0.4, 0.5) is 28.4 Å². The topological polar surface area (TPSA) is 6.48 Å². The molecule has 4 heteroatoms. The quantitative estimate of drug-likeness (QED) is 0.160. The lowest BCUT2D eigenvalue weighted by molar-refractivity contribution is 0.293. The summed E-state index contributed by atoms with van der Waals surface area (Å²) in [5.74, 6) is 0.493.